The summed E-state index contributed by atoms with van der Waals surface area (Å²) in [5.41, 5.74) is 0. The molecule has 0 spiro atoms. The predicted octanol–water partition coefficient (Wildman–Crippen LogP) is 1.31. The maximum Gasteiger partial charge on any atom is 0.320 e. The number of hydrogen-bond acceptors (Lipinski definition) is 3. The molecule has 0 aromatic heterocycles. The van der Waals surface area contributed by atoms with E-state index in [2.05, 4.69) is 17.1 Å². The van der Waals surface area contributed by atoms with Gasteiger partial charge in [-0.1, -0.05) is 6.92 Å². The summed E-state index contributed by atoms with van der Waals surface area (Å²) < 4.78 is 0. The van der Waals surface area contributed by atoms with Crippen molar-refractivity contribution in [3.05, 3.63) is 0 Å². The van der Waals surface area contributed by atoms with Crippen LogP contribution in [0.1, 0.15) is 39.0 Å². The van der Waals surface area contributed by atoms with E-state index < -0.39 is 5.97 Å². The second kappa shape index (κ2) is 5.83. The first-order valence-corrected chi connectivity index (χ1v) is 6.90. The van der Waals surface area contributed by atoms with Crippen molar-refractivity contribution in [2.75, 3.05) is 19.6 Å². The highest BCUT2D eigenvalue weighted by Gasteiger charge is 2.29. The Morgan fingerprint density at radius 3 is 2.59 bits per heavy atom. The van der Waals surface area contributed by atoms with Crippen LogP contribution >= 0.6 is 0 Å². The van der Waals surface area contributed by atoms with Crippen LogP contribution in [0.15, 0.2) is 0 Å². The molecule has 2 aliphatic rings. The Labute approximate surface area is 103 Å². The number of aliphatic carboxylic acids is 1. The minimum Gasteiger partial charge on any atom is -0.480 e. The molecule has 2 fully saturated rings. The van der Waals surface area contributed by atoms with E-state index in [1.807, 2.05) is 0 Å². The minimum atomic E-state index is -0.695. The third kappa shape index (κ3) is 4.64. The molecule has 98 valence electrons. The van der Waals surface area contributed by atoms with Gasteiger partial charge in [-0.15, -0.1) is 0 Å². The number of carboxylic acids is 1. The van der Waals surface area contributed by atoms with Crippen molar-refractivity contribution in [1.29, 1.82) is 0 Å². The van der Waals surface area contributed by atoms with Crippen LogP contribution in [-0.4, -0.2) is 47.7 Å². The fourth-order valence-electron chi connectivity index (χ4n) is 2.17. The zero-order valence-corrected chi connectivity index (χ0v) is 10.7. The Kier molecular flexibility index (Phi) is 4.40. The summed E-state index contributed by atoms with van der Waals surface area (Å²) in [5.74, 6) is 0.189. The van der Waals surface area contributed by atoms with Crippen molar-refractivity contribution in [2.24, 2.45) is 5.92 Å². The molecule has 0 aromatic rings. The number of carbonyl (C=O) groups is 1. The van der Waals surface area contributed by atoms with Gasteiger partial charge in [-0.2, -0.15) is 0 Å². The van der Waals surface area contributed by atoms with Gasteiger partial charge in [0.15, 0.2) is 0 Å². The van der Waals surface area contributed by atoms with E-state index in [0.29, 0.717) is 6.04 Å². The summed E-state index contributed by atoms with van der Waals surface area (Å²) >= 11 is 0. The molecule has 0 heterocycles. The maximum atomic E-state index is 11.1. The Morgan fingerprint density at radius 2 is 2.12 bits per heavy atom. The summed E-state index contributed by atoms with van der Waals surface area (Å²) in [6.45, 7) is 5.26. The lowest BCUT2D eigenvalue weighted by Crippen LogP contribution is -2.41. The number of hydrogen-bond donors (Lipinski definition) is 2. The minimum absolute atomic E-state index is 0.351. The number of nitrogens with zero attached hydrogens (tertiary/aromatic N) is 1. The molecule has 4 nitrogen and oxygen atoms in total. The van der Waals surface area contributed by atoms with E-state index in [1.54, 1.807) is 0 Å². The molecule has 0 aromatic carbocycles. The van der Waals surface area contributed by atoms with E-state index in [0.717, 1.165) is 44.8 Å². The summed E-state index contributed by atoms with van der Waals surface area (Å²) in [6.07, 6.45) is 5.73. The first-order chi connectivity index (χ1) is 8.19. The van der Waals surface area contributed by atoms with Gasteiger partial charge >= 0.3 is 5.97 Å². The average molecular weight is 240 g/mol. The fraction of sp³-hybridized carbons (Fsp3) is 0.923. The summed E-state index contributed by atoms with van der Waals surface area (Å²) in [7, 11) is 0. The molecule has 17 heavy (non-hydrogen) atoms. The van der Waals surface area contributed by atoms with Gasteiger partial charge in [0.2, 0.25) is 0 Å². The zero-order valence-electron chi connectivity index (χ0n) is 10.7. The van der Waals surface area contributed by atoms with Crippen molar-refractivity contribution in [3.63, 3.8) is 0 Å². The smallest absolute Gasteiger partial charge is 0.320 e. The highest BCUT2D eigenvalue weighted by Crippen LogP contribution is 2.29. The Balaban J connectivity index is 1.69. The molecular formula is C13H24N2O2. The van der Waals surface area contributed by atoms with Crippen LogP contribution < -0.4 is 5.32 Å². The predicted molar refractivity (Wildman–Crippen MR) is 67.0 cm³/mol. The van der Waals surface area contributed by atoms with Gasteiger partial charge in [0.1, 0.15) is 6.04 Å². The van der Waals surface area contributed by atoms with Gasteiger partial charge < -0.3 is 15.3 Å². The second-order valence-electron chi connectivity index (χ2n) is 5.46. The van der Waals surface area contributed by atoms with Crippen LogP contribution in [0.25, 0.3) is 0 Å². The fourth-order valence-corrected chi connectivity index (χ4v) is 2.17. The summed E-state index contributed by atoms with van der Waals surface area (Å²) in [6, 6.07) is 0.116. The van der Waals surface area contributed by atoms with Gasteiger partial charge in [-0.25, -0.2) is 0 Å². The molecule has 2 N–H and O–H groups in total. The third-order valence-electron chi connectivity index (χ3n) is 3.71. The number of rotatable bonds is 9. The zero-order chi connectivity index (χ0) is 12.3. The standard InChI is InChI=1S/C13H24N2O2/c1-2-15(9-10-3-4-10)8-7-12(13(16)17)14-11-5-6-11/h10-12,14H,2-9H2,1H3,(H,16,17). The normalized spacial score (nSPS) is 21.8. The molecule has 0 amide bonds. The van der Waals surface area contributed by atoms with E-state index in [1.165, 1.54) is 12.8 Å². The largest absolute Gasteiger partial charge is 0.480 e. The summed E-state index contributed by atoms with van der Waals surface area (Å²) in [4.78, 5) is 13.5. The lowest BCUT2D eigenvalue weighted by Gasteiger charge is -2.22. The molecule has 1 unspecified atom stereocenters. The molecule has 4 heteroatoms. The van der Waals surface area contributed by atoms with Gasteiger partial charge in [0.05, 0.1) is 0 Å². The van der Waals surface area contributed by atoms with Crippen molar-refractivity contribution in [1.82, 2.24) is 10.2 Å². The molecular weight excluding hydrogens is 216 g/mol. The Hall–Kier alpha value is -0.610. The average Bonchev–Trinajstić information content (AvgIpc) is 3.15. The van der Waals surface area contributed by atoms with Crippen LogP contribution in [0.5, 0.6) is 0 Å². The molecule has 2 saturated carbocycles. The van der Waals surface area contributed by atoms with Crippen LogP contribution in [0.3, 0.4) is 0 Å². The van der Waals surface area contributed by atoms with Crippen molar-refractivity contribution in [2.45, 2.75) is 51.1 Å². The first-order valence-electron chi connectivity index (χ1n) is 6.90. The van der Waals surface area contributed by atoms with Crippen LogP contribution in [0, 0.1) is 5.92 Å². The monoisotopic (exact) mass is 240 g/mol. The molecule has 0 saturated heterocycles. The Bertz CT molecular complexity index is 262. The van der Waals surface area contributed by atoms with Crippen molar-refractivity contribution < 1.29 is 9.90 Å². The lowest BCUT2D eigenvalue weighted by molar-refractivity contribution is -0.139. The molecule has 0 aliphatic heterocycles. The van der Waals surface area contributed by atoms with E-state index in [9.17, 15) is 4.79 Å². The van der Waals surface area contributed by atoms with E-state index in [-0.39, 0.29) is 6.04 Å². The molecule has 2 rings (SSSR count). The highest BCUT2D eigenvalue weighted by molar-refractivity contribution is 5.73. The second-order valence-corrected chi connectivity index (χ2v) is 5.46. The van der Waals surface area contributed by atoms with Gasteiger partial charge in [-0.05, 0) is 44.6 Å². The molecule has 0 radical (unpaired) electrons. The highest BCUT2D eigenvalue weighted by atomic mass is 16.4. The van der Waals surface area contributed by atoms with E-state index in [4.69, 9.17) is 5.11 Å². The van der Waals surface area contributed by atoms with Gasteiger partial charge in [-0.3, -0.25) is 4.79 Å². The van der Waals surface area contributed by atoms with Crippen molar-refractivity contribution in [3.8, 4) is 0 Å². The van der Waals surface area contributed by atoms with Crippen molar-refractivity contribution >= 4 is 5.97 Å². The van der Waals surface area contributed by atoms with Gasteiger partial charge in [0.25, 0.3) is 0 Å². The summed E-state index contributed by atoms with van der Waals surface area (Å²) in [5, 5.41) is 12.4. The van der Waals surface area contributed by atoms with Crippen LogP contribution in [0.4, 0.5) is 0 Å². The molecule has 1 atom stereocenters. The molecule has 2 aliphatic carbocycles. The number of carboxylic acid groups (broad SMARTS) is 1. The van der Waals surface area contributed by atoms with Crippen LogP contribution in [0.2, 0.25) is 0 Å². The third-order valence-corrected chi connectivity index (χ3v) is 3.71. The topological polar surface area (TPSA) is 52.6 Å². The van der Waals surface area contributed by atoms with Crippen LogP contribution in [-0.2, 0) is 4.79 Å². The number of nitrogens with one attached hydrogen (secondary N) is 1. The maximum absolute atomic E-state index is 11.1. The van der Waals surface area contributed by atoms with Gasteiger partial charge in [0, 0.05) is 19.1 Å². The quantitative estimate of drug-likeness (QED) is 0.638. The molecule has 0 bridgehead atoms. The van der Waals surface area contributed by atoms with E-state index >= 15 is 0 Å². The lowest BCUT2D eigenvalue weighted by atomic mass is 10.2. The Morgan fingerprint density at radius 1 is 1.41 bits per heavy atom. The SMILES string of the molecule is CCN(CCC(NC1CC1)C(=O)O)CC1CC1. The first kappa shape index (κ1) is 12.8.